The molecule has 5 rings (SSSR count). The van der Waals surface area contributed by atoms with Crippen molar-refractivity contribution in [3.05, 3.63) is 23.8 Å². The molecule has 1 N–H and O–H groups in total. The van der Waals surface area contributed by atoms with Gasteiger partial charge in [-0.05, 0) is 12.0 Å². The minimum atomic E-state index is -0.804. The number of amides is 1. The van der Waals surface area contributed by atoms with Gasteiger partial charge in [-0.25, -0.2) is 0 Å². The summed E-state index contributed by atoms with van der Waals surface area (Å²) in [7, 11) is 3.10. The Kier molecular flexibility index (Phi) is 3.59. The van der Waals surface area contributed by atoms with Gasteiger partial charge in [0.05, 0.1) is 12.1 Å². The molecule has 4 aliphatic heterocycles. The first-order valence-corrected chi connectivity index (χ1v) is 9.43. The number of hydrogen-bond donors (Lipinski definition) is 1. The number of nitrogens with zero attached hydrogens (tertiary/aromatic N) is 1. The third-order valence-corrected chi connectivity index (χ3v) is 9.33. The number of piperidine rings is 1. The lowest BCUT2D eigenvalue weighted by Gasteiger charge is -2.57. The summed E-state index contributed by atoms with van der Waals surface area (Å²) in [5.41, 5.74) is 1.00. The molecule has 4 saturated heterocycles. The van der Waals surface area contributed by atoms with E-state index in [0.717, 1.165) is 5.57 Å². The molecular weight excluding hydrogens is 318 g/mol. The van der Waals surface area contributed by atoms with E-state index >= 15 is 0 Å². The van der Waals surface area contributed by atoms with Crippen LogP contribution < -0.4 is 0 Å². The van der Waals surface area contributed by atoms with Crippen LogP contribution in [0.25, 0.3) is 0 Å². The molecule has 5 atom stereocenters. The van der Waals surface area contributed by atoms with E-state index < -0.39 is 15.7 Å². The van der Waals surface area contributed by atoms with Gasteiger partial charge in [0.1, 0.15) is 4.75 Å². The lowest BCUT2D eigenvalue weighted by Crippen LogP contribution is -2.72. The van der Waals surface area contributed by atoms with Crippen molar-refractivity contribution >= 4 is 33.3 Å². The second kappa shape index (κ2) is 4.89. The predicted octanol–water partition coefficient (Wildman–Crippen LogP) is 2.54. The van der Waals surface area contributed by atoms with Gasteiger partial charge >= 0.3 is 0 Å². The van der Waals surface area contributed by atoms with E-state index in [-0.39, 0.29) is 31.1 Å². The number of carbonyl (C=O) groups is 2. The van der Waals surface area contributed by atoms with Crippen LogP contribution in [-0.4, -0.2) is 43.5 Å². The third-order valence-electron chi connectivity index (χ3n) is 5.35. The van der Waals surface area contributed by atoms with Crippen LogP contribution in [0.15, 0.2) is 23.8 Å². The molecule has 0 radical (unpaired) electrons. The monoisotopic (exact) mass is 339 g/mol. The molecule has 0 saturated carbocycles. The van der Waals surface area contributed by atoms with Crippen molar-refractivity contribution in [1.82, 2.24) is 4.90 Å². The third kappa shape index (κ3) is 1.56. The van der Waals surface area contributed by atoms with E-state index in [1.807, 2.05) is 26.0 Å². The molecule has 120 valence electrons. The van der Waals surface area contributed by atoms with E-state index in [1.54, 1.807) is 21.8 Å². The SMILES string of the molecule is C.CC[C@@]12SS[C@]3(CC4=CC=C[C@H](O)[C@H]4N3C1=O)C(=O)C2C. The molecule has 0 aromatic rings. The maximum Gasteiger partial charge on any atom is 0.242 e. The Morgan fingerprint density at radius 2 is 2.14 bits per heavy atom. The standard InChI is InChI=1S/C15H17NO3S2.CH4/c1-3-14-8(2)12(18)15(21-20-14)7-9-5-4-6-10(17)11(9)16(15)13(14)19;/h4-6,8,10-11,17H,3,7H2,1-2H3;1H4/t8?,10-,11-,14-,15+;/m0./s1. The number of carbonyl (C=O) groups excluding carboxylic acids is 2. The minimum Gasteiger partial charge on any atom is -0.387 e. The summed E-state index contributed by atoms with van der Waals surface area (Å²) in [6.45, 7) is 3.86. The molecule has 6 heteroatoms. The number of Topliss-reactive ketones (excluding diaryl/α,β-unsaturated/α-hetero) is 1. The zero-order chi connectivity index (χ0) is 15.0. The summed E-state index contributed by atoms with van der Waals surface area (Å²) in [4.78, 5) is 27.0. The van der Waals surface area contributed by atoms with Gasteiger partial charge in [0.15, 0.2) is 10.7 Å². The van der Waals surface area contributed by atoms with Crippen LogP contribution in [0.3, 0.4) is 0 Å². The highest BCUT2D eigenvalue weighted by molar-refractivity contribution is 8.78. The molecule has 5 aliphatic rings. The highest BCUT2D eigenvalue weighted by atomic mass is 33.1. The lowest BCUT2D eigenvalue weighted by atomic mass is 9.78. The quantitative estimate of drug-likeness (QED) is 0.744. The van der Waals surface area contributed by atoms with Crippen molar-refractivity contribution in [2.45, 2.75) is 55.9 Å². The largest absolute Gasteiger partial charge is 0.387 e. The number of rotatable bonds is 1. The molecule has 4 heterocycles. The minimum absolute atomic E-state index is 0. The van der Waals surface area contributed by atoms with Crippen molar-refractivity contribution in [3.63, 3.8) is 0 Å². The molecule has 1 amide bonds. The average molecular weight is 339 g/mol. The first-order chi connectivity index (χ1) is 9.98. The summed E-state index contributed by atoms with van der Waals surface area (Å²) in [5.74, 6) is -0.0813. The maximum atomic E-state index is 13.1. The van der Waals surface area contributed by atoms with E-state index in [4.69, 9.17) is 0 Å². The summed E-state index contributed by atoms with van der Waals surface area (Å²) < 4.78 is -0.667. The van der Waals surface area contributed by atoms with Crippen molar-refractivity contribution < 1.29 is 14.7 Å². The highest BCUT2D eigenvalue weighted by Gasteiger charge is 2.72. The molecule has 1 unspecified atom stereocenters. The van der Waals surface area contributed by atoms with Crippen molar-refractivity contribution in [2.24, 2.45) is 5.92 Å². The Morgan fingerprint density at radius 3 is 2.82 bits per heavy atom. The van der Waals surface area contributed by atoms with Gasteiger partial charge in [-0.1, -0.05) is 61.1 Å². The molecule has 1 spiro atoms. The Balaban J connectivity index is 0.00000144. The summed E-state index contributed by atoms with van der Waals surface area (Å²) in [5, 5.41) is 10.3. The summed E-state index contributed by atoms with van der Waals surface area (Å²) in [6, 6.07) is -0.363. The number of hydrogen-bond acceptors (Lipinski definition) is 5. The van der Waals surface area contributed by atoms with Crippen LogP contribution in [0.5, 0.6) is 0 Å². The fourth-order valence-electron chi connectivity index (χ4n) is 4.10. The average Bonchev–Trinajstić information content (AvgIpc) is 2.83. The predicted molar refractivity (Wildman–Crippen MR) is 90.3 cm³/mol. The van der Waals surface area contributed by atoms with Crippen molar-refractivity contribution in [3.8, 4) is 0 Å². The number of ketones is 1. The lowest BCUT2D eigenvalue weighted by molar-refractivity contribution is -0.155. The zero-order valence-corrected chi connectivity index (χ0v) is 13.5. The first kappa shape index (κ1) is 16.1. The molecular formula is C16H21NO3S2. The first-order valence-electron chi connectivity index (χ1n) is 7.28. The second-order valence-electron chi connectivity index (χ2n) is 6.19. The van der Waals surface area contributed by atoms with Crippen LogP contribution in [0.4, 0.5) is 0 Å². The number of aliphatic hydroxyl groups excluding tert-OH is 1. The van der Waals surface area contributed by atoms with Gasteiger partial charge in [-0.3, -0.25) is 9.59 Å². The van der Waals surface area contributed by atoms with Crippen LogP contribution >= 0.6 is 21.6 Å². The van der Waals surface area contributed by atoms with E-state index in [9.17, 15) is 14.7 Å². The van der Waals surface area contributed by atoms with Gasteiger partial charge in [-0.2, -0.15) is 0 Å². The van der Waals surface area contributed by atoms with Crippen molar-refractivity contribution in [1.29, 1.82) is 0 Å². The summed E-state index contributed by atoms with van der Waals surface area (Å²) in [6.07, 6.45) is 5.95. The van der Waals surface area contributed by atoms with Crippen molar-refractivity contribution in [2.75, 3.05) is 0 Å². The Labute approximate surface area is 138 Å². The molecule has 4 nitrogen and oxygen atoms in total. The molecule has 2 bridgehead atoms. The van der Waals surface area contributed by atoms with Gasteiger partial charge in [0, 0.05) is 12.3 Å². The number of aliphatic hydroxyl groups is 1. The van der Waals surface area contributed by atoms with Gasteiger partial charge in [0.25, 0.3) is 0 Å². The zero-order valence-electron chi connectivity index (χ0n) is 11.9. The van der Waals surface area contributed by atoms with E-state index in [1.165, 1.54) is 10.8 Å². The molecule has 22 heavy (non-hydrogen) atoms. The number of allylic oxidation sites excluding steroid dienone is 2. The topological polar surface area (TPSA) is 57.6 Å². The normalized spacial score (nSPS) is 45.3. The fourth-order valence-corrected chi connectivity index (χ4v) is 8.21. The fraction of sp³-hybridized carbons (Fsp3) is 0.625. The Hall–Kier alpha value is -0.720. The van der Waals surface area contributed by atoms with E-state index in [0.29, 0.717) is 12.8 Å². The van der Waals surface area contributed by atoms with Crippen LogP contribution in [-0.2, 0) is 9.59 Å². The maximum absolute atomic E-state index is 13.1. The highest BCUT2D eigenvalue weighted by Crippen LogP contribution is 2.67. The second-order valence-corrected chi connectivity index (χ2v) is 8.93. The van der Waals surface area contributed by atoms with E-state index in [2.05, 4.69) is 0 Å². The van der Waals surface area contributed by atoms with Crippen LogP contribution in [0, 0.1) is 5.92 Å². The smallest absolute Gasteiger partial charge is 0.242 e. The van der Waals surface area contributed by atoms with Gasteiger partial charge < -0.3 is 10.0 Å². The van der Waals surface area contributed by atoms with Crippen LogP contribution in [0.2, 0.25) is 0 Å². The molecule has 1 aliphatic carbocycles. The Morgan fingerprint density at radius 1 is 1.41 bits per heavy atom. The van der Waals surface area contributed by atoms with Crippen LogP contribution in [0.1, 0.15) is 34.1 Å². The number of fused-ring (bicyclic) bond motifs is 3. The molecule has 0 aromatic heterocycles. The molecule has 4 fully saturated rings. The summed E-state index contributed by atoms with van der Waals surface area (Å²) >= 11 is 0. The molecule has 0 aromatic carbocycles. The van der Waals surface area contributed by atoms with Gasteiger partial charge in [-0.15, -0.1) is 0 Å². The Bertz CT molecular complexity index is 617. The van der Waals surface area contributed by atoms with Gasteiger partial charge in [0.2, 0.25) is 5.91 Å².